The summed E-state index contributed by atoms with van der Waals surface area (Å²) in [6.07, 6.45) is 2.55. The molecule has 0 aromatic carbocycles. The Morgan fingerprint density at radius 3 is 3.07 bits per heavy atom. The highest BCUT2D eigenvalue weighted by Gasteiger charge is 2.16. The molecule has 2 rings (SSSR count). The van der Waals surface area contributed by atoms with Crippen LogP contribution in [0.15, 0.2) is 12.1 Å². The fourth-order valence-electron chi connectivity index (χ4n) is 1.99. The van der Waals surface area contributed by atoms with Crippen LogP contribution < -0.4 is 10.6 Å². The lowest BCUT2D eigenvalue weighted by atomic mass is 10.1. The van der Waals surface area contributed by atoms with Crippen molar-refractivity contribution in [3.63, 3.8) is 0 Å². The van der Waals surface area contributed by atoms with Crippen molar-refractivity contribution in [2.45, 2.75) is 31.8 Å². The first-order valence-corrected chi connectivity index (χ1v) is 6.67. The van der Waals surface area contributed by atoms with Gasteiger partial charge in [-0.15, -0.1) is 11.3 Å². The van der Waals surface area contributed by atoms with Gasteiger partial charge in [0.05, 0.1) is 4.34 Å². The first-order valence-electron chi connectivity index (χ1n) is 5.47. The number of hydrogen-bond acceptors (Lipinski definition) is 3. The summed E-state index contributed by atoms with van der Waals surface area (Å²) in [5.74, 6) is 0. The van der Waals surface area contributed by atoms with Crippen molar-refractivity contribution in [2.24, 2.45) is 0 Å². The number of piperidine rings is 1. The SMILES string of the molecule is CC(NC1CCCNC1)c1ccc(Cl)s1. The van der Waals surface area contributed by atoms with E-state index < -0.39 is 0 Å². The molecular formula is C11H17ClN2S. The summed E-state index contributed by atoms with van der Waals surface area (Å²) in [6, 6.07) is 5.10. The van der Waals surface area contributed by atoms with Crippen molar-refractivity contribution >= 4 is 22.9 Å². The molecule has 1 saturated heterocycles. The Kier molecular flexibility index (Phi) is 4.03. The average molecular weight is 245 g/mol. The summed E-state index contributed by atoms with van der Waals surface area (Å²) in [4.78, 5) is 1.32. The van der Waals surface area contributed by atoms with Crippen LogP contribution in [0.1, 0.15) is 30.7 Å². The Bertz CT molecular complexity index is 307. The Morgan fingerprint density at radius 2 is 2.47 bits per heavy atom. The van der Waals surface area contributed by atoms with Gasteiger partial charge in [0.1, 0.15) is 0 Å². The summed E-state index contributed by atoms with van der Waals surface area (Å²) in [6.45, 7) is 4.46. The van der Waals surface area contributed by atoms with Gasteiger partial charge in [-0.05, 0) is 38.4 Å². The highest BCUT2D eigenvalue weighted by atomic mass is 35.5. The van der Waals surface area contributed by atoms with Crippen LogP contribution in [0.3, 0.4) is 0 Å². The molecule has 15 heavy (non-hydrogen) atoms. The zero-order chi connectivity index (χ0) is 10.7. The van der Waals surface area contributed by atoms with Gasteiger partial charge >= 0.3 is 0 Å². The van der Waals surface area contributed by atoms with Crippen LogP contribution in [-0.4, -0.2) is 19.1 Å². The van der Waals surface area contributed by atoms with E-state index in [2.05, 4.69) is 23.6 Å². The summed E-state index contributed by atoms with van der Waals surface area (Å²) in [5.41, 5.74) is 0. The minimum Gasteiger partial charge on any atom is -0.315 e. The second-order valence-corrected chi connectivity index (χ2v) is 5.82. The molecule has 1 fully saturated rings. The van der Waals surface area contributed by atoms with Crippen molar-refractivity contribution < 1.29 is 0 Å². The van der Waals surface area contributed by atoms with Gasteiger partial charge in [-0.2, -0.15) is 0 Å². The van der Waals surface area contributed by atoms with E-state index in [1.54, 1.807) is 11.3 Å². The molecule has 0 spiro atoms. The first-order chi connectivity index (χ1) is 7.25. The first kappa shape index (κ1) is 11.4. The lowest BCUT2D eigenvalue weighted by molar-refractivity contribution is 0.364. The van der Waals surface area contributed by atoms with Gasteiger partial charge in [-0.3, -0.25) is 0 Å². The molecule has 0 radical (unpaired) electrons. The molecular weight excluding hydrogens is 228 g/mol. The largest absolute Gasteiger partial charge is 0.315 e. The third kappa shape index (κ3) is 3.18. The molecule has 2 heterocycles. The van der Waals surface area contributed by atoms with Crippen LogP contribution >= 0.6 is 22.9 Å². The number of nitrogens with one attached hydrogen (secondary N) is 2. The highest BCUT2D eigenvalue weighted by Crippen LogP contribution is 2.27. The number of rotatable bonds is 3. The molecule has 0 saturated carbocycles. The number of thiophene rings is 1. The van der Waals surface area contributed by atoms with Crippen LogP contribution in [0.25, 0.3) is 0 Å². The summed E-state index contributed by atoms with van der Waals surface area (Å²) in [5, 5.41) is 7.05. The lowest BCUT2D eigenvalue weighted by Crippen LogP contribution is -2.43. The molecule has 84 valence electrons. The number of hydrogen-bond donors (Lipinski definition) is 2. The van der Waals surface area contributed by atoms with Crippen molar-refractivity contribution in [1.29, 1.82) is 0 Å². The van der Waals surface area contributed by atoms with Gasteiger partial charge in [-0.1, -0.05) is 11.6 Å². The predicted molar refractivity (Wildman–Crippen MR) is 66.8 cm³/mol. The standard InChI is InChI=1S/C11H17ClN2S/c1-8(10-4-5-11(12)15-10)14-9-3-2-6-13-7-9/h4-5,8-9,13-14H,2-3,6-7H2,1H3. The van der Waals surface area contributed by atoms with Crippen molar-refractivity contribution in [2.75, 3.05) is 13.1 Å². The highest BCUT2D eigenvalue weighted by molar-refractivity contribution is 7.16. The van der Waals surface area contributed by atoms with Gasteiger partial charge < -0.3 is 10.6 Å². The molecule has 1 aromatic rings. The van der Waals surface area contributed by atoms with Crippen molar-refractivity contribution in [3.8, 4) is 0 Å². The molecule has 2 unspecified atom stereocenters. The number of halogens is 1. The van der Waals surface area contributed by atoms with E-state index in [1.165, 1.54) is 17.7 Å². The molecule has 0 bridgehead atoms. The Hall–Kier alpha value is -0.0900. The molecule has 0 aliphatic carbocycles. The van der Waals surface area contributed by atoms with E-state index >= 15 is 0 Å². The fourth-order valence-corrected chi connectivity index (χ4v) is 3.06. The average Bonchev–Trinajstić information content (AvgIpc) is 2.66. The summed E-state index contributed by atoms with van der Waals surface area (Å²) >= 11 is 7.59. The molecule has 2 nitrogen and oxygen atoms in total. The maximum absolute atomic E-state index is 5.93. The normalized spacial score (nSPS) is 24.0. The zero-order valence-corrected chi connectivity index (χ0v) is 10.5. The monoisotopic (exact) mass is 244 g/mol. The molecule has 4 heteroatoms. The maximum Gasteiger partial charge on any atom is 0.0931 e. The van der Waals surface area contributed by atoms with Crippen LogP contribution in [-0.2, 0) is 0 Å². The maximum atomic E-state index is 5.93. The Balaban J connectivity index is 1.88. The fraction of sp³-hybridized carbons (Fsp3) is 0.636. The summed E-state index contributed by atoms with van der Waals surface area (Å²) in [7, 11) is 0. The van der Waals surface area contributed by atoms with E-state index in [0.717, 1.165) is 17.4 Å². The zero-order valence-electron chi connectivity index (χ0n) is 8.92. The van der Waals surface area contributed by atoms with Crippen LogP contribution in [0.5, 0.6) is 0 Å². The second kappa shape index (κ2) is 5.30. The smallest absolute Gasteiger partial charge is 0.0931 e. The topological polar surface area (TPSA) is 24.1 Å². The van der Waals surface area contributed by atoms with Crippen LogP contribution in [0.2, 0.25) is 4.34 Å². The van der Waals surface area contributed by atoms with Crippen molar-refractivity contribution in [3.05, 3.63) is 21.3 Å². The molecule has 1 aliphatic rings. The molecule has 2 N–H and O–H groups in total. The summed E-state index contributed by atoms with van der Waals surface area (Å²) < 4.78 is 0.875. The van der Waals surface area contributed by atoms with Crippen LogP contribution in [0, 0.1) is 0 Å². The molecule has 0 amide bonds. The third-order valence-corrected chi connectivity index (χ3v) is 4.22. The second-order valence-electron chi connectivity index (χ2n) is 4.07. The third-order valence-electron chi connectivity index (χ3n) is 2.80. The molecule has 1 aromatic heterocycles. The van der Waals surface area contributed by atoms with Crippen molar-refractivity contribution in [1.82, 2.24) is 10.6 Å². The van der Waals surface area contributed by atoms with E-state index in [9.17, 15) is 0 Å². The molecule has 2 atom stereocenters. The van der Waals surface area contributed by atoms with Gasteiger partial charge in [0.2, 0.25) is 0 Å². The van der Waals surface area contributed by atoms with Crippen LogP contribution in [0.4, 0.5) is 0 Å². The molecule has 1 aliphatic heterocycles. The Morgan fingerprint density at radius 1 is 1.60 bits per heavy atom. The lowest BCUT2D eigenvalue weighted by Gasteiger charge is -2.26. The quantitative estimate of drug-likeness (QED) is 0.855. The van der Waals surface area contributed by atoms with Gasteiger partial charge in [0.25, 0.3) is 0 Å². The van der Waals surface area contributed by atoms with Gasteiger partial charge in [0.15, 0.2) is 0 Å². The predicted octanol–water partition coefficient (Wildman–Crippen LogP) is 2.80. The van der Waals surface area contributed by atoms with Gasteiger partial charge in [0, 0.05) is 23.5 Å². The van der Waals surface area contributed by atoms with E-state index in [4.69, 9.17) is 11.6 Å². The van der Waals surface area contributed by atoms with E-state index in [0.29, 0.717) is 12.1 Å². The minimum atomic E-state index is 0.410. The minimum absolute atomic E-state index is 0.410. The van der Waals surface area contributed by atoms with Gasteiger partial charge in [-0.25, -0.2) is 0 Å². The Labute approximate surface area is 100 Å². The van der Waals surface area contributed by atoms with E-state index in [-0.39, 0.29) is 0 Å². The van der Waals surface area contributed by atoms with E-state index in [1.807, 2.05) is 6.07 Å².